The smallest absolute Gasteiger partial charge is 0.00649 e. The number of nitrogens with one attached hydrogen (secondary N) is 1. The van der Waals surface area contributed by atoms with Crippen molar-refractivity contribution in [2.45, 2.75) is 78.2 Å². The molecule has 114 valence electrons. The predicted octanol–water partition coefficient (Wildman–Crippen LogP) is 4.06. The molecule has 2 heteroatoms. The van der Waals surface area contributed by atoms with E-state index in [0.29, 0.717) is 0 Å². The van der Waals surface area contributed by atoms with Crippen LogP contribution in [0.3, 0.4) is 0 Å². The van der Waals surface area contributed by atoms with Gasteiger partial charge < -0.3 is 10.2 Å². The van der Waals surface area contributed by atoms with E-state index in [1.807, 2.05) is 0 Å². The Bertz CT molecular complexity index is 197. The summed E-state index contributed by atoms with van der Waals surface area (Å²) in [6, 6.07) is 0.748. The van der Waals surface area contributed by atoms with Crippen molar-refractivity contribution in [2.24, 2.45) is 5.92 Å². The molecule has 1 unspecified atom stereocenters. The second-order valence-corrected chi connectivity index (χ2v) is 6.28. The van der Waals surface area contributed by atoms with Gasteiger partial charge in [0.2, 0.25) is 0 Å². The second-order valence-electron chi connectivity index (χ2n) is 6.28. The lowest BCUT2D eigenvalue weighted by atomic mass is 9.92. The Balaban J connectivity index is 2.06. The zero-order valence-electron chi connectivity index (χ0n) is 13.6. The Morgan fingerprint density at radius 2 is 1.84 bits per heavy atom. The summed E-state index contributed by atoms with van der Waals surface area (Å²) in [4.78, 5) is 2.69. The zero-order chi connectivity index (χ0) is 13.9. The molecule has 2 nitrogen and oxygen atoms in total. The number of hydrogen-bond acceptors (Lipinski definition) is 2. The molecule has 0 aromatic rings. The van der Waals surface area contributed by atoms with Gasteiger partial charge in [-0.3, -0.25) is 0 Å². The number of likely N-dealkylation sites (tertiary alicyclic amines) is 1. The fraction of sp³-hybridized carbons (Fsp3) is 1.00. The van der Waals surface area contributed by atoms with E-state index in [4.69, 9.17) is 0 Å². The van der Waals surface area contributed by atoms with Gasteiger partial charge in [-0.15, -0.1) is 0 Å². The lowest BCUT2D eigenvalue weighted by Crippen LogP contribution is -2.35. The minimum Gasteiger partial charge on any atom is -0.314 e. The largest absolute Gasteiger partial charge is 0.314 e. The number of rotatable bonds is 10. The van der Waals surface area contributed by atoms with Crippen molar-refractivity contribution >= 4 is 0 Å². The molecule has 1 aliphatic rings. The molecular formula is C17H36N2. The molecule has 1 heterocycles. The average molecular weight is 268 g/mol. The highest BCUT2D eigenvalue weighted by Gasteiger charge is 2.18. The standard InChI is InChI=1S/C17H36N2/c1-4-8-16-10-14-19(15-11-16)13-7-9-17(6-3)18-12-5-2/h16-18H,4-15H2,1-3H3. The molecule has 0 saturated carbocycles. The summed E-state index contributed by atoms with van der Waals surface area (Å²) in [6.45, 7) is 12.1. The van der Waals surface area contributed by atoms with Crippen molar-refractivity contribution in [3.8, 4) is 0 Å². The van der Waals surface area contributed by atoms with Gasteiger partial charge in [-0.2, -0.15) is 0 Å². The van der Waals surface area contributed by atoms with Crippen molar-refractivity contribution < 1.29 is 0 Å². The summed E-state index contributed by atoms with van der Waals surface area (Å²) >= 11 is 0. The summed E-state index contributed by atoms with van der Waals surface area (Å²) in [7, 11) is 0. The van der Waals surface area contributed by atoms with Crippen LogP contribution in [0.4, 0.5) is 0 Å². The van der Waals surface area contributed by atoms with Crippen LogP contribution in [0.2, 0.25) is 0 Å². The Labute approximate surface area is 121 Å². The first kappa shape index (κ1) is 17.0. The van der Waals surface area contributed by atoms with Crippen LogP contribution in [0.1, 0.15) is 72.1 Å². The highest BCUT2D eigenvalue weighted by Crippen LogP contribution is 2.21. The SMILES string of the molecule is CCCNC(CC)CCCN1CCC(CCC)CC1. The first-order valence-corrected chi connectivity index (χ1v) is 8.75. The fourth-order valence-electron chi connectivity index (χ4n) is 3.27. The number of piperidine rings is 1. The summed E-state index contributed by atoms with van der Waals surface area (Å²) in [5.74, 6) is 1.02. The van der Waals surface area contributed by atoms with Gasteiger partial charge in [0.05, 0.1) is 0 Å². The van der Waals surface area contributed by atoms with E-state index in [0.717, 1.165) is 12.0 Å². The van der Waals surface area contributed by atoms with Crippen LogP contribution in [0.5, 0.6) is 0 Å². The molecule has 0 radical (unpaired) electrons. The highest BCUT2D eigenvalue weighted by molar-refractivity contribution is 4.73. The van der Waals surface area contributed by atoms with Gasteiger partial charge >= 0.3 is 0 Å². The van der Waals surface area contributed by atoms with Crippen LogP contribution in [-0.2, 0) is 0 Å². The predicted molar refractivity (Wildman–Crippen MR) is 85.7 cm³/mol. The molecule has 1 atom stereocenters. The maximum atomic E-state index is 3.66. The first-order valence-electron chi connectivity index (χ1n) is 8.75. The molecule has 1 aliphatic heterocycles. The molecule has 0 aromatic carbocycles. The molecule has 0 aliphatic carbocycles. The van der Waals surface area contributed by atoms with Crippen molar-refractivity contribution in [1.29, 1.82) is 0 Å². The van der Waals surface area contributed by atoms with E-state index in [9.17, 15) is 0 Å². The van der Waals surface area contributed by atoms with Crippen molar-refractivity contribution in [3.05, 3.63) is 0 Å². The van der Waals surface area contributed by atoms with Crippen LogP contribution >= 0.6 is 0 Å². The Morgan fingerprint density at radius 3 is 2.42 bits per heavy atom. The third-order valence-corrected chi connectivity index (χ3v) is 4.61. The topological polar surface area (TPSA) is 15.3 Å². The van der Waals surface area contributed by atoms with Crippen LogP contribution in [0.15, 0.2) is 0 Å². The van der Waals surface area contributed by atoms with Crippen LogP contribution in [-0.4, -0.2) is 37.1 Å². The minimum atomic E-state index is 0.748. The monoisotopic (exact) mass is 268 g/mol. The molecule has 1 rings (SSSR count). The van der Waals surface area contributed by atoms with Crippen LogP contribution in [0, 0.1) is 5.92 Å². The highest BCUT2D eigenvalue weighted by atomic mass is 15.1. The van der Waals surface area contributed by atoms with E-state index >= 15 is 0 Å². The van der Waals surface area contributed by atoms with Crippen molar-refractivity contribution in [1.82, 2.24) is 10.2 Å². The van der Waals surface area contributed by atoms with Crippen LogP contribution in [0.25, 0.3) is 0 Å². The van der Waals surface area contributed by atoms with Gasteiger partial charge in [0.1, 0.15) is 0 Å². The molecule has 1 fully saturated rings. The molecule has 1 N–H and O–H groups in total. The molecule has 0 aromatic heterocycles. The molecular weight excluding hydrogens is 232 g/mol. The number of hydrogen-bond donors (Lipinski definition) is 1. The molecule has 0 spiro atoms. The van der Waals surface area contributed by atoms with E-state index < -0.39 is 0 Å². The van der Waals surface area contributed by atoms with Gasteiger partial charge in [0.25, 0.3) is 0 Å². The average Bonchev–Trinajstić information content (AvgIpc) is 2.44. The maximum Gasteiger partial charge on any atom is 0.00649 e. The Kier molecular flexibility index (Phi) is 9.54. The summed E-state index contributed by atoms with van der Waals surface area (Å²) in [5, 5.41) is 3.66. The molecule has 1 saturated heterocycles. The van der Waals surface area contributed by atoms with Gasteiger partial charge in [0, 0.05) is 6.04 Å². The molecule has 0 bridgehead atoms. The first-order chi connectivity index (χ1) is 9.30. The van der Waals surface area contributed by atoms with Crippen molar-refractivity contribution in [3.63, 3.8) is 0 Å². The Morgan fingerprint density at radius 1 is 1.11 bits per heavy atom. The zero-order valence-corrected chi connectivity index (χ0v) is 13.6. The van der Waals surface area contributed by atoms with E-state index in [2.05, 4.69) is 31.0 Å². The summed E-state index contributed by atoms with van der Waals surface area (Å²) in [5.41, 5.74) is 0. The van der Waals surface area contributed by atoms with E-state index in [-0.39, 0.29) is 0 Å². The molecule has 0 amide bonds. The quantitative estimate of drug-likeness (QED) is 0.643. The third kappa shape index (κ3) is 7.31. The van der Waals surface area contributed by atoms with Gasteiger partial charge in [-0.1, -0.05) is 33.6 Å². The van der Waals surface area contributed by atoms with Gasteiger partial charge in [0.15, 0.2) is 0 Å². The third-order valence-electron chi connectivity index (χ3n) is 4.61. The van der Waals surface area contributed by atoms with Crippen molar-refractivity contribution in [2.75, 3.05) is 26.2 Å². The fourth-order valence-corrected chi connectivity index (χ4v) is 3.27. The Hall–Kier alpha value is -0.0800. The summed E-state index contributed by atoms with van der Waals surface area (Å²) < 4.78 is 0. The van der Waals surface area contributed by atoms with Gasteiger partial charge in [-0.05, 0) is 70.6 Å². The minimum absolute atomic E-state index is 0.748. The van der Waals surface area contributed by atoms with Crippen LogP contribution < -0.4 is 5.32 Å². The maximum absolute atomic E-state index is 3.66. The lowest BCUT2D eigenvalue weighted by molar-refractivity contribution is 0.174. The van der Waals surface area contributed by atoms with E-state index in [1.165, 1.54) is 77.5 Å². The second kappa shape index (κ2) is 10.7. The lowest BCUT2D eigenvalue weighted by Gasteiger charge is -2.32. The van der Waals surface area contributed by atoms with E-state index in [1.54, 1.807) is 0 Å². The normalized spacial score (nSPS) is 19.7. The molecule has 19 heavy (non-hydrogen) atoms. The summed E-state index contributed by atoms with van der Waals surface area (Å²) in [6.07, 6.45) is 11.0. The van der Waals surface area contributed by atoms with Gasteiger partial charge in [-0.25, -0.2) is 0 Å². The number of nitrogens with zero attached hydrogens (tertiary/aromatic N) is 1.